The Morgan fingerprint density at radius 1 is 1.31 bits per heavy atom. The second kappa shape index (κ2) is 5.39. The Morgan fingerprint density at radius 2 is 1.94 bits per heavy atom. The molecular formula is C11H12FNO3. The van der Waals surface area contributed by atoms with E-state index >= 15 is 0 Å². The minimum absolute atomic E-state index is 0.208. The molecule has 1 amide bonds. The quantitative estimate of drug-likeness (QED) is 0.672. The molecule has 86 valence electrons. The highest BCUT2D eigenvalue weighted by atomic mass is 19.1. The van der Waals surface area contributed by atoms with E-state index in [9.17, 15) is 9.18 Å². The van der Waals surface area contributed by atoms with Gasteiger partial charge in [-0.3, -0.25) is 4.79 Å². The molecule has 0 bridgehead atoms. The van der Waals surface area contributed by atoms with Gasteiger partial charge < -0.3 is 15.5 Å². The molecule has 4 nitrogen and oxygen atoms in total. The van der Waals surface area contributed by atoms with E-state index < -0.39 is 11.7 Å². The predicted octanol–water partition coefficient (Wildman–Crippen LogP) is 1.09. The van der Waals surface area contributed by atoms with E-state index in [-0.39, 0.29) is 13.2 Å². The number of aliphatic hydroxyl groups is 2. The van der Waals surface area contributed by atoms with Crippen LogP contribution in [0.5, 0.6) is 0 Å². The van der Waals surface area contributed by atoms with Crippen LogP contribution in [-0.4, -0.2) is 16.1 Å². The van der Waals surface area contributed by atoms with Gasteiger partial charge in [-0.05, 0) is 23.3 Å². The van der Waals surface area contributed by atoms with Gasteiger partial charge in [0.2, 0.25) is 0 Å². The fourth-order valence-electron chi connectivity index (χ4n) is 1.20. The highest BCUT2D eigenvalue weighted by molar-refractivity contribution is 6.01. The molecule has 0 spiro atoms. The van der Waals surface area contributed by atoms with E-state index in [1.807, 2.05) is 0 Å². The Kier molecular flexibility index (Phi) is 4.16. The van der Waals surface area contributed by atoms with Crippen molar-refractivity contribution in [1.82, 2.24) is 0 Å². The first-order valence-corrected chi connectivity index (χ1v) is 4.57. The molecule has 1 rings (SSSR count). The van der Waals surface area contributed by atoms with Crippen molar-refractivity contribution >= 4 is 11.6 Å². The molecule has 0 atom stereocenters. The van der Waals surface area contributed by atoms with Gasteiger partial charge in [0, 0.05) is 5.69 Å². The van der Waals surface area contributed by atoms with Crippen molar-refractivity contribution in [2.45, 2.75) is 13.2 Å². The van der Waals surface area contributed by atoms with Crippen molar-refractivity contribution in [2.24, 2.45) is 0 Å². The summed E-state index contributed by atoms with van der Waals surface area (Å²) in [4.78, 5) is 11.0. The van der Waals surface area contributed by atoms with E-state index in [4.69, 9.17) is 10.2 Å². The van der Waals surface area contributed by atoms with E-state index in [0.29, 0.717) is 16.8 Å². The standard InChI is InChI=1S/C11H12FNO3/c1-7(12)11(16)13-10-3-2-8(5-14)9(4-10)6-15/h2-4,14-15H,1,5-6H2,(H,13,16). The number of anilines is 1. The van der Waals surface area contributed by atoms with Gasteiger partial charge in [0.25, 0.3) is 5.91 Å². The molecule has 16 heavy (non-hydrogen) atoms. The smallest absolute Gasteiger partial charge is 0.283 e. The van der Waals surface area contributed by atoms with Crippen LogP contribution < -0.4 is 5.32 Å². The van der Waals surface area contributed by atoms with Crippen molar-refractivity contribution in [3.8, 4) is 0 Å². The zero-order valence-corrected chi connectivity index (χ0v) is 8.53. The van der Waals surface area contributed by atoms with Gasteiger partial charge in [0.15, 0.2) is 5.83 Å². The van der Waals surface area contributed by atoms with Crippen LogP contribution in [0.4, 0.5) is 10.1 Å². The van der Waals surface area contributed by atoms with Crippen LogP contribution in [0.2, 0.25) is 0 Å². The van der Waals surface area contributed by atoms with E-state index in [0.717, 1.165) is 0 Å². The number of carbonyl (C=O) groups excluding carboxylic acids is 1. The molecule has 0 aliphatic rings. The van der Waals surface area contributed by atoms with Crippen molar-refractivity contribution in [1.29, 1.82) is 0 Å². The Hall–Kier alpha value is -1.72. The molecule has 0 fully saturated rings. The minimum Gasteiger partial charge on any atom is -0.392 e. The summed E-state index contributed by atoms with van der Waals surface area (Å²) in [5.74, 6) is -2.02. The third kappa shape index (κ3) is 2.88. The first-order chi connectivity index (χ1) is 7.58. The van der Waals surface area contributed by atoms with Gasteiger partial charge in [-0.2, -0.15) is 0 Å². The summed E-state index contributed by atoms with van der Waals surface area (Å²) in [5.41, 5.74) is 1.37. The lowest BCUT2D eigenvalue weighted by atomic mass is 10.1. The highest BCUT2D eigenvalue weighted by Crippen LogP contribution is 2.16. The first-order valence-electron chi connectivity index (χ1n) is 4.57. The molecule has 0 saturated heterocycles. The predicted molar refractivity (Wildman–Crippen MR) is 57.2 cm³/mol. The Bertz CT molecular complexity index is 418. The number of benzene rings is 1. The van der Waals surface area contributed by atoms with E-state index in [1.54, 1.807) is 6.07 Å². The zero-order valence-electron chi connectivity index (χ0n) is 8.53. The monoisotopic (exact) mass is 225 g/mol. The number of amides is 1. The molecule has 0 aliphatic heterocycles. The Morgan fingerprint density at radius 3 is 2.44 bits per heavy atom. The molecule has 0 aromatic heterocycles. The van der Waals surface area contributed by atoms with Gasteiger partial charge in [0.1, 0.15) is 0 Å². The van der Waals surface area contributed by atoms with Crippen molar-refractivity contribution < 1.29 is 19.4 Å². The number of nitrogens with one attached hydrogen (secondary N) is 1. The van der Waals surface area contributed by atoms with Crippen LogP contribution in [0.25, 0.3) is 0 Å². The molecular weight excluding hydrogens is 213 g/mol. The lowest BCUT2D eigenvalue weighted by molar-refractivity contribution is -0.114. The van der Waals surface area contributed by atoms with Crippen molar-refractivity contribution in [3.63, 3.8) is 0 Å². The maximum Gasteiger partial charge on any atom is 0.283 e. The highest BCUT2D eigenvalue weighted by Gasteiger charge is 2.08. The third-order valence-corrected chi connectivity index (χ3v) is 2.05. The maximum atomic E-state index is 12.4. The van der Waals surface area contributed by atoms with Gasteiger partial charge in [0.05, 0.1) is 13.2 Å². The molecule has 0 radical (unpaired) electrons. The van der Waals surface area contributed by atoms with Gasteiger partial charge in [-0.25, -0.2) is 4.39 Å². The molecule has 1 aromatic carbocycles. The fourth-order valence-corrected chi connectivity index (χ4v) is 1.20. The minimum atomic E-state index is -1.09. The average Bonchev–Trinajstić information content (AvgIpc) is 2.28. The Balaban J connectivity index is 2.91. The van der Waals surface area contributed by atoms with Crippen molar-refractivity contribution in [3.05, 3.63) is 41.7 Å². The number of rotatable bonds is 4. The number of hydrogen-bond donors (Lipinski definition) is 3. The van der Waals surface area contributed by atoms with Crippen LogP contribution in [-0.2, 0) is 18.0 Å². The number of hydrogen-bond acceptors (Lipinski definition) is 3. The lowest BCUT2D eigenvalue weighted by Crippen LogP contribution is -2.11. The van der Waals surface area contributed by atoms with Crippen LogP contribution in [0.1, 0.15) is 11.1 Å². The zero-order chi connectivity index (χ0) is 12.1. The summed E-state index contributed by atoms with van der Waals surface area (Å²) >= 11 is 0. The first kappa shape index (κ1) is 12.4. The van der Waals surface area contributed by atoms with Crippen molar-refractivity contribution in [2.75, 3.05) is 5.32 Å². The van der Waals surface area contributed by atoms with Gasteiger partial charge in [-0.15, -0.1) is 0 Å². The SMILES string of the molecule is C=C(F)C(=O)Nc1ccc(CO)c(CO)c1. The van der Waals surface area contributed by atoms with E-state index in [1.165, 1.54) is 12.1 Å². The number of aliphatic hydroxyl groups excluding tert-OH is 2. The lowest BCUT2D eigenvalue weighted by Gasteiger charge is -2.08. The molecule has 0 saturated carbocycles. The molecule has 0 heterocycles. The average molecular weight is 225 g/mol. The largest absolute Gasteiger partial charge is 0.392 e. The second-order valence-electron chi connectivity index (χ2n) is 3.16. The van der Waals surface area contributed by atoms with Crippen LogP contribution >= 0.6 is 0 Å². The molecule has 0 unspecified atom stereocenters. The second-order valence-corrected chi connectivity index (χ2v) is 3.16. The maximum absolute atomic E-state index is 12.4. The number of carbonyl (C=O) groups is 1. The summed E-state index contributed by atoms with van der Waals surface area (Å²) in [5, 5.41) is 20.2. The molecule has 3 N–H and O–H groups in total. The molecule has 0 aliphatic carbocycles. The summed E-state index contributed by atoms with van der Waals surface area (Å²) in [6, 6.07) is 4.51. The van der Waals surface area contributed by atoms with Gasteiger partial charge >= 0.3 is 0 Å². The fraction of sp³-hybridized carbons (Fsp3) is 0.182. The summed E-state index contributed by atoms with van der Waals surface area (Å²) < 4.78 is 12.4. The molecule has 5 heteroatoms. The van der Waals surface area contributed by atoms with Crippen LogP contribution in [0.3, 0.4) is 0 Å². The normalized spacial score (nSPS) is 9.94. The Labute approximate surface area is 92.0 Å². The molecule has 1 aromatic rings. The summed E-state index contributed by atoms with van der Waals surface area (Å²) in [7, 11) is 0. The summed E-state index contributed by atoms with van der Waals surface area (Å²) in [6.45, 7) is 2.38. The third-order valence-electron chi connectivity index (χ3n) is 2.05. The van der Waals surface area contributed by atoms with Crippen LogP contribution in [0, 0.1) is 0 Å². The van der Waals surface area contributed by atoms with Gasteiger partial charge in [-0.1, -0.05) is 12.6 Å². The van der Waals surface area contributed by atoms with Crippen LogP contribution in [0.15, 0.2) is 30.6 Å². The topological polar surface area (TPSA) is 69.6 Å². The number of halogens is 1. The van der Waals surface area contributed by atoms with E-state index in [2.05, 4.69) is 11.9 Å². The summed E-state index contributed by atoms with van der Waals surface area (Å²) in [6.07, 6.45) is 0.